The monoisotopic (exact) mass is 373 g/mol. The van der Waals surface area contributed by atoms with Gasteiger partial charge in [0.1, 0.15) is 5.82 Å². The molecule has 0 saturated carbocycles. The van der Waals surface area contributed by atoms with Crippen LogP contribution in [0.3, 0.4) is 0 Å². The Balaban J connectivity index is 2.19. The largest absolute Gasteiger partial charge is 0.306 e. The summed E-state index contributed by atoms with van der Waals surface area (Å²) in [6.45, 7) is 1.81. The fraction of sp³-hybridized carbons (Fsp3) is 0.0833. The van der Waals surface area contributed by atoms with Crippen LogP contribution in [0.5, 0.6) is 0 Å². The molecular weight excluding hydrogens is 365 g/mol. The van der Waals surface area contributed by atoms with E-state index in [4.69, 9.17) is 11.6 Å². The molecule has 0 spiro atoms. The molecule has 1 amide bonds. The minimum Gasteiger partial charge on any atom is -0.306 e. The molecular formula is C12H9ClIN3O. The van der Waals surface area contributed by atoms with E-state index in [1.54, 1.807) is 18.3 Å². The number of halogens is 2. The number of carbonyl (C=O) groups excluding carboxylic acids is 1. The van der Waals surface area contributed by atoms with Gasteiger partial charge < -0.3 is 5.32 Å². The van der Waals surface area contributed by atoms with Crippen LogP contribution in [0.4, 0.5) is 5.82 Å². The van der Waals surface area contributed by atoms with Crippen LogP contribution < -0.4 is 5.32 Å². The van der Waals surface area contributed by atoms with Crippen molar-refractivity contribution >= 4 is 45.9 Å². The van der Waals surface area contributed by atoms with Crippen LogP contribution in [0.25, 0.3) is 0 Å². The molecule has 0 aliphatic carbocycles. The maximum atomic E-state index is 12.0. The molecule has 0 saturated heterocycles. The number of carbonyl (C=O) groups is 1. The fourth-order valence-corrected chi connectivity index (χ4v) is 1.94. The Kier molecular flexibility index (Phi) is 4.13. The smallest absolute Gasteiger partial charge is 0.259 e. The average Bonchev–Trinajstić information content (AvgIpc) is 2.32. The van der Waals surface area contributed by atoms with Crippen LogP contribution in [0.2, 0.25) is 5.02 Å². The number of nitrogens with one attached hydrogen (secondary N) is 1. The van der Waals surface area contributed by atoms with Gasteiger partial charge in [0.05, 0.1) is 10.6 Å². The predicted octanol–water partition coefficient (Wildman–Crippen LogP) is 3.30. The molecule has 18 heavy (non-hydrogen) atoms. The van der Waals surface area contributed by atoms with E-state index >= 15 is 0 Å². The minimum absolute atomic E-state index is 0.318. The highest BCUT2D eigenvalue weighted by Gasteiger charge is 2.11. The molecule has 4 nitrogen and oxygen atoms in total. The van der Waals surface area contributed by atoms with Crippen molar-refractivity contribution in [3.63, 3.8) is 0 Å². The van der Waals surface area contributed by atoms with Gasteiger partial charge in [0.2, 0.25) is 0 Å². The molecule has 0 aromatic carbocycles. The SMILES string of the molecule is Cc1cc(Cl)c(C(=O)Nc2ccc(I)cn2)cn1. The number of pyridine rings is 2. The second-order valence-corrected chi connectivity index (χ2v) is 5.27. The fourth-order valence-electron chi connectivity index (χ4n) is 1.33. The summed E-state index contributed by atoms with van der Waals surface area (Å²) >= 11 is 8.14. The summed E-state index contributed by atoms with van der Waals surface area (Å²) in [5.41, 5.74) is 1.10. The zero-order valence-electron chi connectivity index (χ0n) is 9.45. The Morgan fingerprint density at radius 1 is 1.33 bits per heavy atom. The molecule has 2 aromatic heterocycles. The first-order valence-electron chi connectivity index (χ1n) is 5.11. The van der Waals surface area contributed by atoms with Crippen molar-refractivity contribution < 1.29 is 4.79 Å². The summed E-state index contributed by atoms with van der Waals surface area (Å²) in [6, 6.07) is 5.24. The molecule has 0 unspecified atom stereocenters. The van der Waals surface area contributed by atoms with Crippen molar-refractivity contribution in [3.8, 4) is 0 Å². The summed E-state index contributed by atoms with van der Waals surface area (Å²) in [5.74, 6) is 0.165. The maximum absolute atomic E-state index is 12.0. The summed E-state index contributed by atoms with van der Waals surface area (Å²) < 4.78 is 1.00. The highest BCUT2D eigenvalue weighted by Crippen LogP contribution is 2.17. The van der Waals surface area contributed by atoms with Gasteiger partial charge in [0.15, 0.2) is 0 Å². The standard InChI is InChI=1S/C12H9ClIN3O/c1-7-4-10(13)9(6-15-7)12(18)17-11-3-2-8(14)5-16-11/h2-6H,1H3,(H,16,17,18). The molecule has 2 heterocycles. The second kappa shape index (κ2) is 5.62. The summed E-state index contributed by atoms with van der Waals surface area (Å²) in [7, 11) is 0. The Labute approximate surface area is 123 Å². The van der Waals surface area contributed by atoms with Crippen LogP contribution in [0.1, 0.15) is 16.1 Å². The van der Waals surface area contributed by atoms with Gasteiger partial charge in [-0.25, -0.2) is 4.98 Å². The Hall–Kier alpha value is -1.21. The van der Waals surface area contributed by atoms with E-state index in [1.165, 1.54) is 6.20 Å². The van der Waals surface area contributed by atoms with E-state index in [-0.39, 0.29) is 5.91 Å². The normalized spacial score (nSPS) is 10.2. The first-order chi connectivity index (χ1) is 8.56. The first kappa shape index (κ1) is 13.2. The molecule has 0 atom stereocenters. The highest BCUT2D eigenvalue weighted by molar-refractivity contribution is 14.1. The molecule has 0 bridgehead atoms. The zero-order chi connectivity index (χ0) is 13.1. The Morgan fingerprint density at radius 3 is 2.72 bits per heavy atom. The number of amides is 1. The third-order valence-corrected chi connectivity index (χ3v) is 3.15. The molecule has 1 N–H and O–H groups in total. The topological polar surface area (TPSA) is 54.9 Å². The predicted molar refractivity (Wildman–Crippen MR) is 78.9 cm³/mol. The van der Waals surface area contributed by atoms with E-state index in [0.717, 1.165) is 9.26 Å². The van der Waals surface area contributed by atoms with Gasteiger partial charge in [-0.2, -0.15) is 0 Å². The van der Waals surface area contributed by atoms with Crippen molar-refractivity contribution in [1.82, 2.24) is 9.97 Å². The average molecular weight is 374 g/mol. The van der Waals surface area contributed by atoms with E-state index in [1.807, 2.05) is 13.0 Å². The van der Waals surface area contributed by atoms with Crippen LogP contribution in [-0.4, -0.2) is 15.9 Å². The number of aryl methyl sites for hydroxylation is 1. The lowest BCUT2D eigenvalue weighted by Crippen LogP contribution is -2.14. The number of rotatable bonds is 2. The molecule has 92 valence electrons. The number of nitrogens with zero attached hydrogens (tertiary/aromatic N) is 2. The lowest BCUT2D eigenvalue weighted by Gasteiger charge is -2.06. The van der Waals surface area contributed by atoms with Gasteiger partial charge >= 0.3 is 0 Å². The molecule has 0 aliphatic heterocycles. The van der Waals surface area contributed by atoms with Crippen molar-refractivity contribution in [2.45, 2.75) is 6.92 Å². The van der Waals surface area contributed by atoms with Crippen molar-refractivity contribution in [2.75, 3.05) is 5.32 Å². The zero-order valence-corrected chi connectivity index (χ0v) is 12.4. The van der Waals surface area contributed by atoms with Crippen LogP contribution in [0, 0.1) is 10.5 Å². The highest BCUT2D eigenvalue weighted by atomic mass is 127. The summed E-state index contributed by atoms with van der Waals surface area (Å²) in [5, 5.41) is 3.05. The van der Waals surface area contributed by atoms with Gasteiger partial charge in [-0.1, -0.05) is 11.6 Å². The van der Waals surface area contributed by atoms with Crippen molar-refractivity contribution in [2.24, 2.45) is 0 Å². The van der Waals surface area contributed by atoms with Gasteiger partial charge in [0.25, 0.3) is 5.91 Å². The maximum Gasteiger partial charge on any atom is 0.259 e. The second-order valence-electron chi connectivity index (χ2n) is 3.62. The van der Waals surface area contributed by atoms with E-state index in [0.29, 0.717) is 16.4 Å². The lowest BCUT2D eigenvalue weighted by atomic mass is 10.2. The third kappa shape index (κ3) is 3.17. The van der Waals surface area contributed by atoms with Crippen LogP contribution in [-0.2, 0) is 0 Å². The first-order valence-corrected chi connectivity index (χ1v) is 6.57. The van der Waals surface area contributed by atoms with Crippen molar-refractivity contribution in [1.29, 1.82) is 0 Å². The molecule has 0 radical (unpaired) electrons. The Morgan fingerprint density at radius 2 is 2.11 bits per heavy atom. The van der Waals surface area contributed by atoms with E-state index in [9.17, 15) is 4.79 Å². The summed E-state index contributed by atoms with van der Waals surface area (Å²) in [6.07, 6.45) is 3.13. The molecule has 0 aliphatic rings. The van der Waals surface area contributed by atoms with Gasteiger partial charge in [-0.3, -0.25) is 9.78 Å². The molecule has 6 heteroatoms. The van der Waals surface area contributed by atoms with Gasteiger partial charge in [0, 0.05) is 21.7 Å². The lowest BCUT2D eigenvalue weighted by molar-refractivity contribution is 0.102. The van der Waals surface area contributed by atoms with E-state index < -0.39 is 0 Å². The van der Waals surface area contributed by atoms with Crippen LogP contribution in [0.15, 0.2) is 30.6 Å². The summed E-state index contributed by atoms with van der Waals surface area (Å²) in [4.78, 5) is 20.1. The van der Waals surface area contributed by atoms with Crippen LogP contribution >= 0.6 is 34.2 Å². The minimum atomic E-state index is -0.318. The van der Waals surface area contributed by atoms with Gasteiger partial charge in [-0.05, 0) is 47.7 Å². The van der Waals surface area contributed by atoms with E-state index in [2.05, 4.69) is 37.9 Å². The third-order valence-electron chi connectivity index (χ3n) is 2.20. The number of hydrogen-bond donors (Lipinski definition) is 1. The van der Waals surface area contributed by atoms with Gasteiger partial charge in [-0.15, -0.1) is 0 Å². The molecule has 2 rings (SSSR count). The quantitative estimate of drug-likeness (QED) is 0.822. The van der Waals surface area contributed by atoms with Crippen molar-refractivity contribution in [3.05, 3.63) is 50.4 Å². The molecule has 0 fully saturated rings. The number of aromatic nitrogens is 2. The Bertz CT molecular complexity index is 586. The molecule has 2 aromatic rings. The number of anilines is 1. The number of hydrogen-bond acceptors (Lipinski definition) is 3.